The summed E-state index contributed by atoms with van der Waals surface area (Å²) in [5.41, 5.74) is 6.94. The number of nitrogens with two attached hydrogens (primary N) is 1. The van der Waals surface area contributed by atoms with E-state index < -0.39 is 11.9 Å². The summed E-state index contributed by atoms with van der Waals surface area (Å²) in [5.74, 6) is -0.284. The maximum atomic E-state index is 13.5. The summed E-state index contributed by atoms with van der Waals surface area (Å²) in [5, 5.41) is 0. The highest BCUT2D eigenvalue weighted by atomic mass is 79.9. The normalized spacial score (nSPS) is 12.7. The second-order valence-electron chi connectivity index (χ2n) is 4.62. The van der Waals surface area contributed by atoms with Crippen molar-refractivity contribution in [3.63, 3.8) is 0 Å². The number of carbonyl (C=O) groups is 1. The van der Waals surface area contributed by atoms with Gasteiger partial charge in [-0.2, -0.15) is 0 Å². The van der Waals surface area contributed by atoms with Gasteiger partial charge >= 0.3 is 0 Å². The van der Waals surface area contributed by atoms with Crippen LogP contribution in [0.5, 0.6) is 0 Å². The highest BCUT2D eigenvalue weighted by molar-refractivity contribution is 9.10. The number of likely N-dealkylation sites (N-methyl/N-ethyl adjacent to an activating group) is 1. The number of nitrogens with zero attached hydrogens (tertiary/aromatic N) is 3. The van der Waals surface area contributed by atoms with E-state index in [9.17, 15) is 9.18 Å². The number of hydrogen-bond acceptors (Lipinski definition) is 3. The number of aromatic nitrogens is 2. The third-order valence-electron chi connectivity index (χ3n) is 3.35. The molecule has 1 atom stereocenters. The molecule has 0 radical (unpaired) electrons. The lowest BCUT2D eigenvalue weighted by Gasteiger charge is -2.21. The number of anilines is 1. The average molecular weight is 343 g/mol. The van der Waals surface area contributed by atoms with Crippen LogP contribution in [0.15, 0.2) is 16.6 Å². The first-order valence-electron chi connectivity index (χ1n) is 6.24. The number of halogens is 2. The molecule has 0 saturated carbocycles. The quantitative estimate of drug-likeness (QED) is 0.932. The van der Waals surface area contributed by atoms with Crippen molar-refractivity contribution in [2.24, 2.45) is 0 Å². The molecule has 1 heterocycles. The molecule has 5 nitrogen and oxygen atoms in total. The minimum Gasteiger partial charge on any atom is -0.369 e. The van der Waals surface area contributed by atoms with Crippen LogP contribution in [0.25, 0.3) is 11.0 Å². The van der Waals surface area contributed by atoms with Crippen LogP contribution < -0.4 is 5.73 Å². The molecule has 1 aromatic carbocycles. The van der Waals surface area contributed by atoms with Gasteiger partial charge in [-0.1, -0.05) is 0 Å². The van der Waals surface area contributed by atoms with Crippen molar-refractivity contribution in [1.29, 1.82) is 0 Å². The van der Waals surface area contributed by atoms with Gasteiger partial charge in [0.2, 0.25) is 11.9 Å². The zero-order valence-corrected chi connectivity index (χ0v) is 13.1. The zero-order chi connectivity index (χ0) is 15.0. The molecule has 108 valence electrons. The van der Waals surface area contributed by atoms with Gasteiger partial charge in [0.15, 0.2) is 0 Å². The molecule has 0 aliphatic carbocycles. The van der Waals surface area contributed by atoms with E-state index in [4.69, 9.17) is 5.73 Å². The molecule has 1 unspecified atom stereocenters. The predicted molar refractivity (Wildman–Crippen MR) is 79.8 cm³/mol. The third kappa shape index (κ3) is 2.37. The van der Waals surface area contributed by atoms with Crippen LogP contribution in [0.1, 0.15) is 19.9 Å². The Hall–Kier alpha value is -1.63. The number of rotatable bonds is 3. The van der Waals surface area contributed by atoms with E-state index in [2.05, 4.69) is 20.9 Å². The van der Waals surface area contributed by atoms with Crippen molar-refractivity contribution in [2.45, 2.75) is 19.9 Å². The van der Waals surface area contributed by atoms with Crippen LogP contribution in [0.4, 0.5) is 10.3 Å². The molecular formula is C13H16BrFN4O. The lowest BCUT2D eigenvalue weighted by atomic mass is 10.2. The van der Waals surface area contributed by atoms with Gasteiger partial charge in [-0.25, -0.2) is 9.37 Å². The molecule has 0 spiro atoms. The number of hydrogen-bond donors (Lipinski definition) is 1. The van der Waals surface area contributed by atoms with Gasteiger partial charge in [0.25, 0.3) is 0 Å². The third-order valence-corrected chi connectivity index (χ3v) is 3.96. The number of nitrogen functional groups attached to an aromatic ring is 1. The van der Waals surface area contributed by atoms with Gasteiger partial charge in [-0.05, 0) is 35.8 Å². The second-order valence-corrected chi connectivity index (χ2v) is 5.48. The lowest BCUT2D eigenvalue weighted by Crippen LogP contribution is -2.33. The Morgan fingerprint density at radius 3 is 2.85 bits per heavy atom. The lowest BCUT2D eigenvalue weighted by molar-refractivity contribution is -0.132. The van der Waals surface area contributed by atoms with Crippen molar-refractivity contribution in [3.8, 4) is 0 Å². The van der Waals surface area contributed by atoms with E-state index in [-0.39, 0.29) is 11.9 Å². The molecule has 0 saturated heterocycles. The van der Waals surface area contributed by atoms with Gasteiger partial charge in [-0.15, -0.1) is 0 Å². The van der Waals surface area contributed by atoms with Crippen molar-refractivity contribution in [2.75, 3.05) is 19.3 Å². The van der Waals surface area contributed by atoms with Crippen molar-refractivity contribution < 1.29 is 9.18 Å². The van der Waals surface area contributed by atoms with Gasteiger partial charge in [0, 0.05) is 19.7 Å². The van der Waals surface area contributed by atoms with E-state index in [0.717, 1.165) is 0 Å². The molecule has 2 N–H and O–H groups in total. The second kappa shape index (κ2) is 5.40. The van der Waals surface area contributed by atoms with E-state index in [1.807, 2.05) is 6.92 Å². The fraction of sp³-hybridized carbons (Fsp3) is 0.385. The van der Waals surface area contributed by atoms with Crippen LogP contribution in [0, 0.1) is 5.82 Å². The summed E-state index contributed by atoms with van der Waals surface area (Å²) in [7, 11) is 1.73. The standard InChI is InChI=1S/C13H16BrFN4O/c1-4-18(3)12(20)7(2)19-11-5-8(14)9(15)6-10(11)17-13(19)16/h5-7H,4H2,1-3H3,(H2,16,17). The molecule has 0 aliphatic heterocycles. The van der Waals surface area contributed by atoms with Gasteiger partial charge in [0.05, 0.1) is 15.5 Å². The maximum absolute atomic E-state index is 13.5. The first-order chi connectivity index (χ1) is 9.36. The zero-order valence-electron chi connectivity index (χ0n) is 11.5. The molecule has 7 heteroatoms. The van der Waals surface area contributed by atoms with E-state index in [1.165, 1.54) is 6.07 Å². The number of imidazole rings is 1. The average Bonchev–Trinajstić information content (AvgIpc) is 2.72. The molecule has 1 aromatic heterocycles. The summed E-state index contributed by atoms with van der Waals surface area (Å²) >= 11 is 3.14. The molecular weight excluding hydrogens is 327 g/mol. The van der Waals surface area contributed by atoms with E-state index in [0.29, 0.717) is 22.1 Å². The summed E-state index contributed by atoms with van der Waals surface area (Å²) < 4.78 is 15.5. The molecule has 2 aromatic rings. The Bertz CT molecular complexity index is 670. The Morgan fingerprint density at radius 1 is 1.60 bits per heavy atom. The van der Waals surface area contributed by atoms with Crippen LogP contribution >= 0.6 is 15.9 Å². The molecule has 20 heavy (non-hydrogen) atoms. The molecule has 0 aliphatic rings. The number of amides is 1. The number of fused-ring (bicyclic) bond motifs is 1. The summed E-state index contributed by atoms with van der Waals surface area (Å²) in [6, 6.07) is 2.39. The van der Waals surface area contributed by atoms with Crippen LogP contribution in [0.2, 0.25) is 0 Å². The van der Waals surface area contributed by atoms with Gasteiger partial charge in [-0.3, -0.25) is 9.36 Å². The Labute approximate surface area is 124 Å². The van der Waals surface area contributed by atoms with Crippen molar-refractivity contribution >= 4 is 38.8 Å². The van der Waals surface area contributed by atoms with E-state index >= 15 is 0 Å². The monoisotopic (exact) mass is 342 g/mol. The fourth-order valence-corrected chi connectivity index (χ4v) is 2.43. The molecule has 0 fully saturated rings. The topological polar surface area (TPSA) is 64.2 Å². The largest absolute Gasteiger partial charge is 0.369 e. The predicted octanol–water partition coefficient (Wildman–Crippen LogP) is 2.56. The Kier molecular flexibility index (Phi) is 3.99. The summed E-state index contributed by atoms with van der Waals surface area (Å²) in [6.07, 6.45) is 0. The Morgan fingerprint density at radius 2 is 2.25 bits per heavy atom. The minimum atomic E-state index is -0.498. The van der Waals surface area contributed by atoms with Crippen molar-refractivity contribution in [3.05, 3.63) is 22.4 Å². The number of benzene rings is 1. The first-order valence-corrected chi connectivity index (χ1v) is 7.03. The van der Waals surface area contributed by atoms with E-state index in [1.54, 1.807) is 29.5 Å². The molecule has 2 rings (SSSR count). The van der Waals surface area contributed by atoms with Crippen LogP contribution in [-0.2, 0) is 4.79 Å². The molecule has 1 amide bonds. The Balaban J connectivity index is 2.56. The van der Waals surface area contributed by atoms with Gasteiger partial charge in [0.1, 0.15) is 11.9 Å². The highest BCUT2D eigenvalue weighted by Gasteiger charge is 2.23. The minimum absolute atomic E-state index is 0.0704. The summed E-state index contributed by atoms with van der Waals surface area (Å²) in [6.45, 7) is 4.25. The fourth-order valence-electron chi connectivity index (χ4n) is 2.10. The molecule has 0 bridgehead atoms. The van der Waals surface area contributed by atoms with Gasteiger partial charge < -0.3 is 10.6 Å². The van der Waals surface area contributed by atoms with Crippen molar-refractivity contribution in [1.82, 2.24) is 14.5 Å². The highest BCUT2D eigenvalue weighted by Crippen LogP contribution is 2.28. The summed E-state index contributed by atoms with van der Waals surface area (Å²) in [4.78, 5) is 18.0. The number of carbonyl (C=O) groups excluding carboxylic acids is 1. The maximum Gasteiger partial charge on any atom is 0.245 e. The smallest absolute Gasteiger partial charge is 0.245 e. The van der Waals surface area contributed by atoms with Crippen LogP contribution in [-0.4, -0.2) is 34.0 Å². The first kappa shape index (κ1) is 14.8. The SMILES string of the molecule is CCN(C)C(=O)C(C)n1c(N)nc2cc(F)c(Br)cc21. The van der Waals surface area contributed by atoms with Crippen LogP contribution in [0.3, 0.4) is 0 Å².